The van der Waals surface area contributed by atoms with Gasteiger partial charge in [-0.15, -0.1) is 0 Å². The van der Waals surface area contributed by atoms with Gasteiger partial charge in [0.1, 0.15) is 19.3 Å². The SMILES string of the molecule is CC/C=C\C[C@@H](O)/C=C/C=C\C=C\[C@@H](O)C/C=C\C/C=C\CCC(=O)OC[C@@H](O)COC(=O)CCCCCCCCCCCCCCCCC(C)CC. The summed E-state index contributed by atoms with van der Waals surface area (Å²) in [5.41, 5.74) is 0. The molecule has 3 N–H and O–H groups in total. The van der Waals surface area contributed by atoms with Crippen LogP contribution in [0.2, 0.25) is 0 Å². The van der Waals surface area contributed by atoms with Gasteiger partial charge in [0, 0.05) is 12.8 Å². The van der Waals surface area contributed by atoms with Gasteiger partial charge < -0.3 is 24.8 Å². The summed E-state index contributed by atoms with van der Waals surface area (Å²) >= 11 is 0. The Kier molecular flexibility index (Phi) is 37.0. The van der Waals surface area contributed by atoms with Crippen molar-refractivity contribution in [1.29, 1.82) is 0 Å². The maximum atomic E-state index is 12.0. The van der Waals surface area contributed by atoms with E-state index >= 15 is 0 Å². The van der Waals surface area contributed by atoms with Crippen LogP contribution in [0, 0.1) is 5.92 Å². The number of unbranched alkanes of at least 4 members (excludes halogenated alkanes) is 13. The van der Waals surface area contributed by atoms with Crippen LogP contribution >= 0.6 is 0 Å². The summed E-state index contributed by atoms with van der Waals surface area (Å²) in [4.78, 5) is 24.0. The quantitative estimate of drug-likeness (QED) is 0.0253. The fourth-order valence-electron chi connectivity index (χ4n) is 5.56. The molecule has 0 fully saturated rings. The third-order valence-corrected chi connectivity index (χ3v) is 9.18. The number of hydrogen-bond acceptors (Lipinski definition) is 7. The van der Waals surface area contributed by atoms with E-state index in [0.29, 0.717) is 32.1 Å². The van der Waals surface area contributed by atoms with E-state index in [2.05, 4.69) is 20.8 Å². The molecule has 0 rings (SSSR count). The van der Waals surface area contributed by atoms with Crippen molar-refractivity contribution in [2.24, 2.45) is 5.92 Å². The number of aliphatic hydroxyl groups is 3. The molecule has 0 heterocycles. The maximum Gasteiger partial charge on any atom is 0.306 e. The summed E-state index contributed by atoms with van der Waals surface area (Å²) in [7, 11) is 0. The molecule has 0 aromatic heterocycles. The predicted octanol–water partition coefficient (Wildman–Crippen LogP) is 11.1. The number of hydrogen-bond donors (Lipinski definition) is 3. The minimum absolute atomic E-state index is 0.169. The Morgan fingerprint density at radius 3 is 1.51 bits per heavy atom. The van der Waals surface area contributed by atoms with Gasteiger partial charge in [-0.05, 0) is 44.4 Å². The van der Waals surface area contributed by atoms with E-state index in [1.165, 1.54) is 83.5 Å². The minimum Gasteiger partial charge on any atom is -0.463 e. The van der Waals surface area contributed by atoms with Gasteiger partial charge in [0.2, 0.25) is 0 Å². The van der Waals surface area contributed by atoms with Crippen molar-refractivity contribution in [3.05, 3.63) is 72.9 Å². The van der Waals surface area contributed by atoms with E-state index in [9.17, 15) is 24.9 Å². The van der Waals surface area contributed by atoms with Gasteiger partial charge in [-0.25, -0.2) is 0 Å². The third kappa shape index (κ3) is 38.8. The highest BCUT2D eigenvalue weighted by molar-refractivity contribution is 5.70. The Bertz CT molecular complexity index is 1020. The van der Waals surface area contributed by atoms with Crippen molar-refractivity contribution in [2.75, 3.05) is 13.2 Å². The van der Waals surface area contributed by atoms with Crippen LogP contribution in [0.5, 0.6) is 0 Å². The number of carbonyl (C=O) groups is 2. The first-order chi connectivity index (χ1) is 25.8. The molecule has 0 aromatic rings. The molecule has 4 atom stereocenters. The molecule has 0 radical (unpaired) electrons. The Labute approximate surface area is 324 Å². The summed E-state index contributed by atoms with van der Waals surface area (Å²) in [5, 5.41) is 29.9. The minimum atomic E-state index is -1.03. The van der Waals surface area contributed by atoms with Crippen LogP contribution in [0.15, 0.2) is 72.9 Å². The molecule has 0 bridgehead atoms. The molecule has 0 aliphatic rings. The van der Waals surface area contributed by atoms with Crippen LogP contribution in [0.4, 0.5) is 0 Å². The number of carbonyl (C=O) groups excluding carboxylic acids is 2. The molecule has 1 unspecified atom stereocenters. The van der Waals surface area contributed by atoms with Crippen molar-refractivity contribution in [3.8, 4) is 0 Å². The summed E-state index contributed by atoms with van der Waals surface area (Å²) in [5.74, 6) is 0.163. The monoisotopic (exact) mass is 743 g/mol. The second-order valence-corrected chi connectivity index (χ2v) is 14.4. The van der Waals surface area contributed by atoms with Crippen molar-refractivity contribution < 1.29 is 34.4 Å². The van der Waals surface area contributed by atoms with Crippen molar-refractivity contribution in [2.45, 2.75) is 187 Å². The molecule has 0 saturated carbocycles. The summed E-state index contributed by atoms with van der Waals surface area (Å²) < 4.78 is 10.3. The molecule has 304 valence electrons. The molecule has 0 spiro atoms. The third-order valence-electron chi connectivity index (χ3n) is 9.18. The Morgan fingerprint density at radius 1 is 0.547 bits per heavy atom. The van der Waals surface area contributed by atoms with Crippen LogP contribution in [-0.2, 0) is 19.1 Å². The summed E-state index contributed by atoms with van der Waals surface area (Å²) in [6, 6.07) is 0. The fourth-order valence-corrected chi connectivity index (χ4v) is 5.56. The molecule has 53 heavy (non-hydrogen) atoms. The summed E-state index contributed by atoms with van der Waals surface area (Å²) in [6.07, 6.45) is 44.6. The first-order valence-electron chi connectivity index (χ1n) is 21.1. The van der Waals surface area contributed by atoms with Gasteiger partial charge in [-0.1, -0.05) is 190 Å². The van der Waals surface area contributed by atoms with Gasteiger partial charge in [-0.3, -0.25) is 9.59 Å². The zero-order valence-corrected chi connectivity index (χ0v) is 33.9. The second-order valence-electron chi connectivity index (χ2n) is 14.4. The molecule has 7 nitrogen and oxygen atoms in total. The molecule has 0 saturated heterocycles. The number of esters is 2. The first kappa shape index (κ1) is 50.3. The van der Waals surface area contributed by atoms with Crippen molar-refractivity contribution >= 4 is 11.9 Å². The van der Waals surface area contributed by atoms with Gasteiger partial charge in [0.25, 0.3) is 0 Å². The van der Waals surface area contributed by atoms with Crippen LogP contribution in [0.25, 0.3) is 0 Å². The second kappa shape index (κ2) is 39.0. The zero-order valence-electron chi connectivity index (χ0n) is 33.9. The average Bonchev–Trinajstić information content (AvgIpc) is 3.15. The van der Waals surface area contributed by atoms with E-state index in [4.69, 9.17) is 9.47 Å². The van der Waals surface area contributed by atoms with Gasteiger partial charge in [0.05, 0.1) is 12.2 Å². The molecule has 0 amide bonds. The number of allylic oxidation sites excluding steroid dienone is 8. The smallest absolute Gasteiger partial charge is 0.306 e. The highest BCUT2D eigenvalue weighted by Gasteiger charge is 2.12. The molecule has 0 aliphatic heterocycles. The van der Waals surface area contributed by atoms with Crippen molar-refractivity contribution in [1.82, 2.24) is 0 Å². The summed E-state index contributed by atoms with van der Waals surface area (Å²) in [6.45, 7) is 6.34. The lowest BCUT2D eigenvalue weighted by Gasteiger charge is -2.12. The largest absolute Gasteiger partial charge is 0.463 e. The lowest BCUT2D eigenvalue weighted by Crippen LogP contribution is -2.25. The van der Waals surface area contributed by atoms with Crippen LogP contribution in [0.3, 0.4) is 0 Å². The predicted molar refractivity (Wildman–Crippen MR) is 221 cm³/mol. The number of aliphatic hydroxyl groups excluding tert-OH is 3. The Hall–Kier alpha value is -2.74. The van der Waals surface area contributed by atoms with Crippen LogP contribution in [0.1, 0.15) is 168 Å². The van der Waals surface area contributed by atoms with Gasteiger partial charge in [0.15, 0.2) is 0 Å². The molecular formula is C46H78O7. The van der Waals surface area contributed by atoms with Crippen LogP contribution in [-0.4, -0.2) is 58.8 Å². The number of ether oxygens (including phenoxy) is 2. The van der Waals surface area contributed by atoms with E-state index in [1.54, 1.807) is 24.3 Å². The highest BCUT2D eigenvalue weighted by Crippen LogP contribution is 2.16. The molecular weight excluding hydrogens is 664 g/mol. The molecule has 0 aromatic carbocycles. The first-order valence-corrected chi connectivity index (χ1v) is 21.1. The normalized spacial score (nSPS) is 14.8. The topological polar surface area (TPSA) is 113 Å². The maximum absolute atomic E-state index is 12.0. The molecule has 7 heteroatoms. The van der Waals surface area contributed by atoms with E-state index in [0.717, 1.165) is 31.6 Å². The van der Waals surface area contributed by atoms with Crippen LogP contribution < -0.4 is 0 Å². The Balaban J connectivity index is 3.67. The lowest BCUT2D eigenvalue weighted by molar-refractivity contribution is -0.152. The standard InChI is InChI=1S/C46H78O7/c1-4-6-25-33-42(47)35-28-23-24-29-36-43(48)34-27-20-17-18-22-31-38-46(51)53-40-44(49)39-52-45(50)37-30-21-16-14-12-10-8-7-9-11-13-15-19-26-32-41(3)5-2/h6,18,20,22-25,27-29,35-36,41-44,47-49H,4-5,7-17,19,21,26,30-34,37-40H2,1-3H3/b22-18-,24-23-,25-6-,27-20-,35-28+,36-29+/t41?,42-,43+,44+/m1/s1. The number of rotatable bonds is 36. The van der Waals surface area contributed by atoms with E-state index in [-0.39, 0.29) is 25.6 Å². The highest BCUT2D eigenvalue weighted by atomic mass is 16.6. The Morgan fingerprint density at radius 2 is 1.00 bits per heavy atom. The zero-order chi connectivity index (χ0) is 39.0. The van der Waals surface area contributed by atoms with Gasteiger partial charge in [-0.2, -0.15) is 0 Å². The van der Waals surface area contributed by atoms with E-state index < -0.39 is 24.3 Å². The van der Waals surface area contributed by atoms with E-state index in [1.807, 2.05) is 48.6 Å². The van der Waals surface area contributed by atoms with Gasteiger partial charge >= 0.3 is 11.9 Å². The average molecular weight is 743 g/mol. The fraction of sp³-hybridized carbons (Fsp3) is 0.696. The molecule has 0 aliphatic carbocycles. The van der Waals surface area contributed by atoms with Crippen molar-refractivity contribution in [3.63, 3.8) is 0 Å². The lowest BCUT2D eigenvalue weighted by atomic mass is 9.99.